The largest absolute Gasteiger partial charge is 0.508 e. The number of phenolic OH excluding ortho intramolecular Hbond substituents is 1. The standard InChI is InChI=1S/C17H18F2N2O4S2.C15H20F2N2O4S.C10H12F2N2O2S.C9H18N2O2.C6H3ClF2O2S.C6H5ClO3S.HI/c1-13-5-7-14(8-6-13)26(22,23)20-9-11-21(12-10-20)27(24,25)17-15(18)3-2-4-16(17)19;1-15(2,3)23-14(20)18-7-9-19(10-8-18)24(21,22)13-11(16)5-4-6-12(13)17;11-8-2-1-3-9(12)10(8)17(15,16)14-6-4-13-5-7-14;1-9(2,3)13-8(12)11-6-4-10-5-7-11;7-12(10,11)6-4(8)2-1-3-5(6)9;7-11(9,10)6-3-1-5(8)2-4-6;/h2-8H,9-12H2,1H3;4-6H,7-10H2,1-3H3;1-3,13H,4-7H2;10H,4-7H2,1-3H3;1-3H;1-4,8H;1H. The van der Waals surface area contributed by atoms with Crippen molar-refractivity contribution in [2.45, 2.75) is 89.0 Å². The third-order valence-corrected chi connectivity index (χ3v) is 24.9. The number of hydrogen-bond donors (Lipinski definition) is 3. The zero-order chi connectivity index (χ0) is 78.1. The van der Waals surface area contributed by atoms with Crippen LogP contribution >= 0.6 is 45.3 Å². The van der Waals surface area contributed by atoms with Gasteiger partial charge in [0.25, 0.3) is 18.1 Å². The van der Waals surface area contributed by atoms with E-state index in [1.807, 2.05) is 27.7 Å². The number of aromatic hydroxyl groups is 1. The second kappa shape index (κ2) is 38.8. The molecular weight excluding hydrogens is 1680 g/mol. The van der Waals surface area contributed by atoms with Gasteiger partial charge in [-0.05, 0) is 133 Å². The molecule has 10 rings (SSSR count). The zero-order valence-electron chi connectivity index (χ0n) is 57.2. The van der Waals surface area contributed by atoms with E-state index in [-0.39, 0.29) is 117 Å². The fraction of sp³-hybridized carbons (Fsp3) is 0.397. The molecule has 0 bridgehead atoms. The molecule has 3 N–H and O–H groups in total. The highest BCUT2D eigenvalue weighted by atomic mass is 127. The van der Waals surface area contributed by atoms with Crippen LogP contribution in [0.15, 0.2) is 151 Å². The summed E-state index contributed by atoms with van der Waals surface area (Å²) in [5.74, 6) is -9.10. The van der Waals surface area contributed by atoms with E-state index in [0.717, 1.165) is 117 Å². The van der Waals surface area contributed by atoms with Crippen molar-refractivity contribution in [3.8, 4) is 5.75 Å². The SMILES string of the molecule is CC(C)(C)OC(=O)N1CCN(S(=O)(=O)c2c(F)cccc2F)CC1.CC(C)(C)OC(=O)N1CCNCC1.Cc1ccc(S(=O)(=O)N2CCN(S(=O)(=O)c3c(F)cccc3F)CC2)cc1.I.O=S(=O)(Cl)c1c(F)cccc1F.O=S(=O)(Cl)c1ccc(O)cc1.O=S(=O)(c1c(F)cccc1F)N1CCNCC1. The molecule has 0 aliphatic carbocycles. The Labute approximate surface area is 631 Å². The molecule has 105 heavy (non-hydrogen) atoms. The predicted molar refractivity (Wildman–Crippen MR) is 383 cm³/mol. The van der Waals surface area contributed by atoms with E-state index < -0.39 is 136 Å². The van der Waals surface area contributed by atoms with Crippen LogP contribution in [0.5, 0.6) is 5.75 Å². The van der Waals surface area contributed by atoms with Crippen LogP contribution in [0, 0.1) is 53.5 Å². The first kappa shape index (κ1) is 91.3. The minimum Gasteiger partial charge on any atom is -0.508 e. The zero-order valence-corrected chi connectivity index (χ0v) is 65.9. The summed E-state index contributed by atoms with van der Waals surface area (Å²) in [5.41, 5.74) is -0.129. The van der Waals surface area contributed by atoms with Gasteiger partial charge >= 0.3 is 12.2 Å². The molecule has 584 valence electrons. The third-order valence-electron chi connectivity index (χ3n) is 14.4. The van der Waals surface area contributed by atoms with Gasteiger partial charge in [-0.15, -0.1) is 24.0 Å². The fourth-order valence-corrected chi connectivity index (χ4v) is 17.3. The normalized spacial score (nSPS) is 16.0. The van der Waals surface area contributed by atoms with Crippen molar-refractivity contribution in [3.63, 3.8) is 0 Å². The molecule has 4 aliphatic heterocycles. The molecule has 0 spiro atoms. The lowest BCUT2D eigenvalue weighted by Gasteiger charge is -2.35. The van der Waals surface area contributed by atoms with Crippen LogP contribution in [-0.4, -0.2) is 211 Å². The fourth-order valence-electron chi connectivity index (χ4n) is 9.40. The summed E-state index contributed by atoms with van der Waals surface area (Å²) in [7, 11) is -14.8. The smallest absolute Gasteiger partial charge is 0.410 e. The average molecular weight is 1760 g/mol. The number of halogens is 11. The van der Waals surface area contributed by atoms with Crippen LogP contribution in [0.4, 0.5) is 44.7 Å². The number of phenols is 1. The van der Waals surface area contributed by atoms with Crippen LogP contribution in [0.1, 0.15) is 47.1 Å². The molecule has 0 unspecified atom stereocenters. The summed E-state index contributed by atoms with van der Waals surface area (Å²) in [5, 5.41) is 14.9. The number of carbonyl (C=O) groups is 2. The quantitative estimate of drug-likeness (QED) is 0.0653. The number of piperazine rings is 4. The molecule has 4 fully saturated rings. The van der Waals surface area contributed by atoms with E-state index in [4.69, 9.17) is 35.9 Å². The predicted octanol–water partition coefficient (Wildman–Crippen LogP) is 9.39. The van der Waals surface area contributed by atoms with E-state index in [1.165, 1.54) is 45.6 Å². The van der Waals surface area contributed by atoms with Crippen molar-refractivity contribution >= 4 is 116 Å². The Bertz CT molecular complexity index is 4590. The number of carbonyl (C=O) groups excluding carboxylic acids is 2. The number of amides is 2. The summed E-state index contributed by atoms with van der Waals surface area (Å²) in [6.07, 6.45) is -0.745. The van der Waals surface area contributed by atoms with Crippen molar-refractivity contribution < 1.29 is 110 Å². The highest BCUT2D eigenvalue weighted by molar-refractivity contribution is 14.0. The first-order chi connectivity index (χ1) is 48.1. The van der Waals surface area contributed by atoms with Crippen molar-refractivity contribution in [2.75, 3.05) is 105 Å². The Kier molecular flexibility index (Phi) is 33.7. The van der Waals surface area contributed by atoms with E-state index in [9.17, 15) is 95.2 Å². The van der Waals surface area contributed by atoms with Gasteiger partial charge in [0.1, 0.15) is 63.5 Å². The molecule has 6 aromatic carbocycles. The number of sulfonamides is 4. The maximum atomic E-state index is 13.9. The highest BCUT2D eigenvalue weighted by Gasteiger charge is 2.39. The molecule has 42 heteroatoms. The van der Waals surface area contributed by atoms with Crippen molar-refractivity contribution in [2.24, 2.45) is 0 Å². The maximum Gasteiger partial charge on any atom is 0.410 e. The van der Waals surface area contributed by atoms with Gasteiger partial charge in [0, 0.05) is 126 Å². The van der Waals surface area contributed by atoms with Crippen LogP contribution in [0.25, 0.3) is 0 Å². The topological polar surface area (TPSA) is 321 Å². The molecule has 0 aromatic heterocycles. The van der Waals surface area contributed by atoms with Gasteiger partial charge < -0.3 is 35.0 Å². The lowest BCUT2D eigenvalue weighted by atomic mass is 10.2. The maximum absolute atomic E-state index is 13.9. The van der Waals surface area contributed by atoms with E-state index in [0.29, 0.717) is 13.1 Å². The molecule has 4 saturated heterocycles. The van der Waals surface area contributed by atoms with Crippen LogP contribution in [0.2, 0.25) is 0 Å². The highest BCUT2D eigenvalue weighted by Crippen LogP contribution is 2.29. The third kappa shape index (κ3) is 26.6. The second-order valence-electron chi connectivity index (χ2n) is 24.4. The Morgan fingerprint density at radius 3 is 0.914 bits per heavy atom. The van der Waals surface area contributed by atoms with Gasteiger partial charge in [-0.2, -0.15) is 17.2 Å². The summed E-state index contributed by atoms with van der Waals surface area (Å²) in [6, 6.07) is 22.7. The molecular formula is C63H77Cl2F8IN8O17S6. The molecule has 4 heterocycles. The molecule has 6 aromatic rings. The number of benzene rings is 6. The Morgan fingerprint density at radius 2 is 0.629 bits per heavy atom. The summed E-state index contributed by atoms with van der Waals surface area (Å²) in [6.45, 7) is 16.7. The number of aryl methyl sites for hydroxylation is 1. The van der Waals surface area contributed by atoms with Crippen LogP contribution in [0.3, 0.4) is 0 Å². The number of nitrogens with one attached hydrogen (secondary N) is 2. The monoisotopic (exact) mass is 1760 g/mol. The first-order valence-electron chi connectivity index (χ1n) is 31.0. The second-order valence-corrected chi connectivity index (χ2v) is 37.1. The number of hydrogen-bond acceptors (Lipinski definition) is 19. The van der Waals surface area contributed by atoms with Gasteiger partial charge in [0.2, 0.25) is 40.1 Å². The Hall–Kier alpha value is -6.13. The minimum absolute atomic E-state index is 0. The van der Waals surface area contributed by atoms with Gasteiger partial charge in [0.05, 0.1) is 9.79 Å². The summed E-state index contributed by atoms with van der Waals surface area (Å²) in [4.78, 5) is 22.7. The molecule has 0 radical (unpaired) electrons. The van der Waals surface area contributed by atoms with Gasteiger partial charge in [-0.25, -0.2) is 95.2 Å². The van der Waals surface area contributed by atoms with Crippen molar-refractivity contribution in [1.82, 2.24) is 37.7 Å². The van der Waals surface area contributed by atoms with E-state index in [2.05, 4.69) is 10.6 Å². The minimum atomic E-state index is -4.40. The van der Waals surface area contributed by atoms with Crippen LogP contribution < -0.4 is 10.6 Å². The van der Waals surface area contributed by atoms with Gasteiger partial charge in [-0.3, -0.25) is 0 Å². The number of nitrogens with zero attached hydrogens (tertiary/aromatic N) is 6. The average Bonchev–Trinajstić information content (AvgIpc) is 0.789. The molecule has 4 aliphatic rings. The summed E-state index contributed by atoms with van der Waals surface area (Å²) < 4.78 is 264. The lowest BCUT2D eigenvalue weighted by Crippen LogP contribution is -2.51. The lowest BCUT2D eigenvalue weighted by molar-refractivity contribution is 0.0190. The molecule has 0 atom stereocenters. The van der Waals surface area contributed by atoms with Gasteiger partial charge in [0.15, 0.2) is 19.6 Å². The van der Waals surface area contributed by atoms with E-state index in [1.54, 1.807) is 37.8 Å². The van der Waals surface area contributed by atoms with Gasteiger partial charge in [-0.1, -0.05) is 42.0 Å². The molecule has 0 saturated carbocycles. The Morgan fingerprint density at radius 1 is 0.371 bits per heavy atom. The van der Waals surface area contributed by atoms with Crippen molar-refractivity contribution in [3.05, 3.63) is 173 Å². The van der Waals surface area contributed by atoms with E-state index >= 15 is 0 Å². The number of rotatable bonds is 10. The number of ether oxygens (including phenoxy) is 2. The molecule has 25 nitrogen and oxygen atoms in total. The van der Waals surface area contributed by atoms with Crippen molar-refractivity contribution in [1.29, 1.82) is 0 Å². The first-order valence-corrected chi connectivity index (χ1v) is 41.4. The van der Waals surface area contributed by atoms with Crippen LogP contribution in [-0.2, 0) is 67.7 Å². The molecule has 2 amide bonds. The summed E-state index contributed by atoms with van der Waals surface area (Å²) >= 11 is 0. The Balaban J connectivity index is 0.000000275.